The van der Waals surface area contributed by atoms with Gasteiger partial charge in [0.1, 0.15) is 0 Å². The monoisotopic (exact) mass is 307 g/mol. The summed E-state index contributed by atoms with van der Waals surface area (Å²) in [5.74, 6) is 1.23. The van der Waals surface area contributed by atoms with Crippen LogP contribution in [0.25, 0.3) is 0 Å². The van der Waals surface area contributed by atoms with E-state index < -0.39 is 0 Å². The van der Waals surface area contributed by atoms with Gasteiger partial charge in [-0.25, -0.2) is 0 Å². The highest BCUT2D eigenvalue weighted by Gasteiger charge is 2.31. The van der Waals surface area contributed by atoms with Crippen molar-refractivity contribution in [2.45, 2.75) is 12.2 Å². The number of nitrogens with one attached hydrogen (secondary N) is 1. The van der Waals surface area contributed by atoms with Gasteiger partial charge in [0.25, 0.3) is 0 Å². The molecule has 0 unspecified atom stereocenters. The van der Waals surface area contributed by atoms with Crippen LogP contribution in [0, 0.1) is 6.92 Å². The summed E-state index contributed by atoms with van der Waals surface area (Å²) in [6.45, 7) is 1.99. The Bertz CT molecular complexity index is 653. The van der Waals surface area contributed by atoms with Gasteiger partial charge in [-0.1, -0.05) is 23.7 Å². The first-order valence-electron chi connectivity index (χ1n) is 6.26. The number of halogens is 1. The van der Waals surface area contributed by atoms with E-state index in [0.717, 1.165) is 22.6 Å². The highest BCUT2D eigenvalue weighted by molar-refractivity contribution is 8.00. The lowest BCUT2D eigenvalue weighted by Gasteiger charge is -2.16. The van der Waals surface area contributed by atoms with Crippen molar-refractivity contribution in [3.8, 4) is 0 Å². The Balaban J connectivity index is 2.11. The van der Waals surface area contributed by atoms with Crippen LogP contribution in [0.2, 0.25) is 5.02 Å². The smallest absolute Gasteiger partial charge is 0.237 e. The van der Waals surface area contributed by atoms with E-state index in [0.29, 0.717) is 10.8 Å². The van der Waals surface area contributed by atoms with Crippen LogP contribution < -0.4 is 4.90 Å². The lowest BCUT2D eigenvalue weighted by atomic mass is 10.0. The van der Waals surface area contributed by atoms with Gasteiger partial charge in [0.15, 0.2) is 5.82 Å². The molecule has 0 fully saturated rings. The Morgan fingerprint density at radius 2 is 2.10 bits per heavy atom. The molecule has 1 amide bonds. The van der Waals surface area contributed by atoms with Crippen LogP contribution in [0.5, 0.6) is 0 Å². The number of aromatic nitrogens is 2. The van der Waals surface area contributed by atoms with Crippen molar-refractivity contribution in [2.75, 3.05) is 17.7 Å². The second-order valence-corrected chi connectivity index (χ2v) is 6.31. The molecule has 1 aromatic heterocycles. The van der Waals surface area contributed by atoms with E-state index in [1.807, 2.05) is 31.2 Å². The number of carbonyl (C=O) groups is 1. The van der Waals surface area contributed by atoms with E-state index in [1.165, 1.54) is 0 Å². The van der Waals surface area contributed by atoms with Crippen LogP contribution in [0.4, 0.5) is 5.82 Å². The van der Waals surface area contributed by atoms with E-state index in [4.69, 9.17) is 11.6 Å². The number of aromatic amines is 1. The Labute approximate surface area is 126 Å². The largest absolute Gasteiger partial charge is 0.297 e. The number of thioether (sulfide) groups is 1. The summed E-state index contributed by atoms with van der Waals surface area (Å²) in [6.07, 6.45) is 0. The van der Waals surface area contributed by atoms with E-state index in [1.54, 1.807) is 23.7 Å². The summed E-state index contributed by atoms with van der Waals surface area (Å²) in [7, 11) is 1.77. The topological polar surface area (TPSA) is 49.0 Å². The molecule has 0 saturated carbocycles. The maximum Gasteiger partial charge on any atom is 0.237 e. The number of H-pyrrole nitrogens is 1. The number of rotatable bonds is 1. The molecule has 2 heterocycles. The van der Waals surface area contributed by atoms with Crippen molar-refractivity contribution in [3.63, 3.8) is 0 Å². The Hall–Kier alpha value is -1.46. The molecule has 0 saturated heterocycles. The molecule has 0 radical (unpaired) electrons. The van der Waals surface area contributed by atoms with Gasteiger partial charge in [-0.15, -0.1) is 11.8 Å². The molecule has 2 aromatic rings. The Morgan fingerprint density at radius 3 is 2.80 bits per heavy atom. The molecule has 3 rings (SSSR count). The number of amides is 1. The summed E-state index contributed by atoms with van der Waals surface area (Å²) < 4.78 is 0. The van der Waals surface area contributed by atoms with Crippen molar-refractivity contribution in [1.29, 1.82) is 0 Å². The van der Waals surface area contributed by atoms with Gasteiger partial charge >= 0.3 is 0 Å². The van der Waals surface area contributed by atoms with Crippen LogP contribution in [0.3, 0.4) is 0 Å². The molecule has 0 bridgehead atoms. The first kappa shape index (κ1) is 13.5. The van der Waals surface area contributed by atoms with Crippen LogP contribution in [-0.2, 0) is 4.79 Å². The van der Waals surface area contributed by atoms with Crippen LogP contribution in [0.15, 0.2) is 24.3 Å². The minimum Gasteiger partial charge on any atom is -0.297 e. The standard InChI is InChI=1S/C14H14ClN3OS/c1-8-12-13(9-3-5-10(15)6-4-9)20-7-11(19)18(2)14(12)17-16-8/h3-6,13H,7H2,1-2H3,(H,16,17)/t13-/m0/s1. The van der Waals surface area contributed by atoms with Crippen molar-refractivity contribution >= 4 is 35.1 Å². The van der Waals surface area contributed by atoms with Crippen molar-refractivity contribution < 1.29 is 4.79 Å². The van der Waals surface area contributed by atoms with Gasteiger partial charge in [0, 0.05) is 23.3 Å². The third-order valence-corrected chi connectivity index (χ3v) is 4.98. The maximum absolute atomic E-state index is 12.0. The molecule has 6 heteroatoms. The number of hydrogen-bond acceptors (Lipinski definition) is 3. The van der Waals surface area contributed by atoms with E-state index in [9.17, 15) is 4.79 Å². The zero-order valence-electron chi connectivity index (χ0n) is 11.2. The molecule has 1 aliphatic heterocycles. The molecule has 1 N–H and O–H groups in total. The van der Waals surface area contributed by atoms with Gasteiger partial charge in [0.05, 0.1) is 11.0 Å². The predicted molar refractivity (Wildman–Crippen MR) is 82.5 cm³/mol. The minimum absolute atomic E-state index is 0.0687. The second kappa shape index (κ2) is 5.14. The average Bonchev–Trinajstić information content (AvgIpc) is 2.76. The Morgan fingerprint density at radius 1 is 1.40 bits per heavy atom. The quantitative estimate of drug-likeness (QED) is 0.880. The summed E-state index contributed by atoms with van der Waals surface area (Å²) in [5.41, 5.74) is 3.20. The molecule has 0 aliphatic carbocycles. The predicted octanol–water partition coefficient (Wildman–Crippen LogP) is 3.17. The highest BCUT2D eigenvalue weighted by Crippen LogP contribution is 2.43. The van der Waals surface area contributed by atoms with Gasteiger partial charge in [-0.2, -0.15) is 5.10 Å². The number of anilines is 1. The van der Waals surface area contributed by atoms with E-state index in [-0.39, 0.29) is 11.2 Å². The summed E-state index contributed by atoms with van der Waals surface area (Å²) in [6, 6.07) is 7.77. The van der Waals surface area contributed by atoms with Crippen LogP contribution >= 0.6 is 23.4 Å². The third-order valence-electron chi connectivity index (χ3n) is 3.47. The number of nitrogens with zero attached hydrogens (tertiary/aromatic N) is 2. The molecule has 0 spiro atoms. The van der Waals surface area contributed by atoms with Crippen LogP contribution in [0.1, 0.15) is 22.1 Å². The minimum atomic E-state index is 0.0687. The van der Waals surface area contributed by atoms with Crippen molar-refractivity contribution in [2.24, 2.45) is 0 Å². The summed E-state index contributed by atoms with van der Waals surface area (Å²) in [4.78, 5) is 13.7. The molecule has 1 aromatic carbocycles. The second-order valence-electron chi connectivity index (χ2n) is 4.78. The lowest BCUT2D eigenvalue weighted by molar-refractivity contribution is -0.115. The molecular formula is C14H14ClN3OS. The van der Waals surface area contributed by atoms with E-state index in [2.05, 4.69) is 10.2 Å². The average molecular weight is 308 g/mol. The van der Waals surface area contributed by atoms with Crippen molar-refractivity contribution in [3.05, 3.63) is 46.1 Å². The highest BCUT2D eigenvalue weighted by atomic mass is 35.5. The van der Waals surface area contributed by atoms with Crippen molar-refractivity contribution in [1.82, 2.24) is 10.2 Å². The number of benzene rings is 1. The first-order valence-corrected chi connectivity index (χ1v) is 7.69. The fraction of sp³-hybridized carbons (Fsp3) is 0.286. The lowest BCUT2D eigenvalue weighted by Crippen LogP contribution is -2.27. The maximum atomic E-state index is 12.0. The summed E-state index contributed by atoms with van der Waals surface area (Å²) >= 11 is 7.57. The molecule has 20 heavy (non-hydrogen) atoms. The zero-order chi connectivity index (χ0) is 14.3. The summed E-state index contributed by atoms with van der Waals surface area (Å²) in [5, 5.41) is 8.07. The van der Waals surface area contributed by atoms with Gasteiger partial charge in [0.2, 0.25) is 5.91 Å². The van der Waals surface area contributed by atoms with Gasteiger partial charge < -0.3 is 0 Å². The fourth-order valence-electron chi connectivity index (χ4n) is 2.35. The molecule has 1 aliphatic rings. The SMILES string of the molecule is Cc1[nH]nc2c1[C@H](c1ccc(Cl)cc1)SCC(=O)N2C. The van der Waals surface area contributed by atoms with E-state index >= 15 is 0 Å². The number of hydrogen-bond donors (Lipinski definition) is 1. The number of aryl methyl sites for hydroxylation is 1. The fourth-order valence-corrected chi connectivity index (χ4v) is 3.78. The molecule has 1 atom stereocenters. The van der Waals surface area contributed by atoms with Gasteiger partial charge in [-0.05, 0) is 24.6 Å². The van der Waals surface area contributed by atoms with Crippen LogP contribution in [-0.4, -0.2) is 28.9 Å². The molecule has 104 valence electrons. The zero-order valence-corrected chi connectivity index (χ0v) is 12.8. The Kier molecular flexibility index (Phi) is 3.48. The molecular weight excluding hydrogens is 294 g/mol. The third kappa shape index (κ3) is 2.21. The van der Waals surface area contributed by atoms with Gasteiger partial charge in [-0.3, -0.25) is 14.8 Å². The normalized spacial score (nSPS) is 18.9. The molecule has 4 nitrogen and oxygen atoms in total. The number of fused-ring (bicyclic) bond motifs is 1. The first-order chi connectivity index (χ1) is 9.58. The number of carbonyl (C=O) groups excluding carboxylic acids is 1.